The minimum Gasteiger partial charge on any atom is -0.256 e. The lowest BCUT2D eigenvalue weighted by molar-refractivity contribution is -0.131. The van der Waals surface area contributed by atoms with E-state index in [2.05, 4.69) is 4.98 Å². The first-order valence-corrected chi connectivity index (χ1v) is 7.22. The monoisotopic (exact) mass is 324 g/mol. The average Bonchev–Trinajstić information content (AvgIpc) is 2.29. The third-order valence-electron chi connectivity index (χ3n) is 2.66. The number of alkyl halides is 3. The Hall–Kier alpha value is -1.38. The molecule has 4 nitrogen and oxygen atoms in total. The molecule has 0 aliphatic rings. The van der Waals surface area contributed by atoms with E-state index in [0.29, 0.717) is 0 Å². The third-order valence-corrected chi connectivity index (χ3v) is 4.16. The van der Waals surface area contributed by atoms with Gasteiger partial charge in [-0.1, -0.05) is 17.7 Å². The van der Waals surface area contributed by atoms with Crippen molar-refractivity contribution in [3.63, 3.8) is 0 Å². The molecule has 0 saturated heterocycles. The highest BCUT2D eigenvalue weighted by Gasteiger charge is 2.49. The molecule has 0 aliphatic carbocycles. The number of hydrogen-bond acceptors (Lipinski definition) is 3. The first kappa shape index (κ1) is 15.0. The number of rotatable bonds is 2. The van der Waals surface area contributed by atoms with Gasteiger partial charge in [-0.25, -0.2) is 13.6 Å². The van der Waals surface area contributed by atoms with E-state index in [1.165, 1.54) is 24.4 Å². The number of sulfonamides is 1. The quantitative estimate of drug-likeness (QED) is 0.923. The predicted molar refractivity (Wildman–Crippen MR) is 68.7 cm³/mol. The highest BCUT2D eigenvalue weighted by Crippen LogP contribution is 2.41. The van der Waals surface area contributed by atoms with Crippen LogP contribution in [-0.4, -0.2) is 19.6 Å². The Morgan fingerprint density at radius 1 is 1.25 bits per heavy atom. The van der Waals surface area contributed by atoms with Gasteiger partial charge in [0.1, 0.15) is 0 Å². The van der Waals surface area contributed by atoms with Crippen LogP contribution in [0, 0.1) is 0 Å². The molecule has 1 atom stereocenters. The number of halogens is 4. The summed E-state index contributed by atoms with van der Waals surface area (Å²) in [6.07, 6.45) is -3.80. The minimum atomic E-state index is -5.05. The second-order valence-electron chi connectivity index (χ2n) is 4.05. The van der Waals surface area contributed by atoms with Crippen molar-refractivity contribution >= 4 is 32.5 Å². The molecular formula is C11H8ClF3N2O2S. The Morgan fingerprint density at radius 2 is 1.90 bits per heavy atom. The number of primary sulfonamides is 1. The highest BCUT2D eigenvalue weighted by atomic mass is 35.5. The van der Waals surface area contributed by atoms with Gasteiger partial charge in [0.05, 0.1) is 5.52 Å². The Labute approximate surface area is 117 Å². The van der Waals surface area contributed by atoms with Crippen molar-refractivity contribution in [2.75, 3.05) is 0 Å². The third kappa shape index (κ3) is 2.72. The van der Waals surface area contributed by atoms with Crippen LogP contribution in [0.15, 0.2) is 30.5 Å². The molecule has 0 saturated carbocycles. The van der Waals surface area contributed by atoms with Gasteiger partial charge in [-0.15, -0.1) is 0 Å². The molecule has 1 aromatic heterocycles. The van der Waals surface area contributed by atoms with Crippen molar-refractivity contribution < 1.29 is 21.6 Å². The molecule has 20 heavy (non-hydrogen) atoms. The van der Waals surface area contributed by atoms with Gasteiger partial charge in [0.2, 0.25) is 10.0 Å². The van der Waals surface area contributed by atoms with E-state index in [1.807, 2.05) is 0 Å². The molecule has 1 heterocycles. The second kappa shape index (κ2) is 4.87. The second-order valence-corrected chi connectivity index (χ2v) is 6.10. The molecule has 9 heteroatoms. The van der Waals surface area contributed by atoms with Gasteiger partial charge in [-0.3, -0.25) is 4.98 Å². The predicted octanol–water partition coefficient (Wildman–Crippen LogP) is 2.78. The number of nitrogens with zero attached hydrogens (tertiary/aromatic N) is 1. The molecule has 0 radical (unpaired) electrons. The van der Waals surface area contributed by atoms with Crippen LogP contribution in [0.1, 0.15) is 10.8 Å². The van der Waals surface area contributed by atoms with E-state index in [1.54, 1.807) is 0 Å². The summed E-state index contributed by atoms with van der Waals surface area (Å²) < 4.78 is 61.6. The van der Waals surface area contributed by atoms with Crippen molar-refractivity contribution in [2.24, 2.45) is 5.14 Å². The van der Waals surface area contributed by atoms with E-state index >= 15 is 0 Å². The zero-order valence-corrected chi connectivity index (χ0v) is 11.3. The summed E-state index contributed by atoms with van der Waals surface area (Å²) in [7, 11) is -4.89. The van der Waals surface area contributed by atoms with Crippen molar-refractivity contribution in [3.8, 4) is 0 Å². The Kier molecular flexibility index (Phi) is 3.66. The summed E-state index contributed by atoms with van der Waals surface area (Å²) in [6, 6.07) is 5.09. The SMILES string of the molecule is NS(=O)(=O)C(c1ccc(Cl)c2cccnc12)C(F)(F)F. The van der Waals surface area contributed by atoms with E-state index in [-0.39, 0.29) is 15.9 Å². The number of hydrogen-bond donors (Lipinski definition) is 1. The summed E-state index contributed by atoms with van der Waals surface area (Å²) in [4.78, 5) is 3.79. The largest absolute Gasteiger partial charge is 0.410 e. The van der Waals surface area contributed by atoms with Gasteiger partial charge < -0.3 is 0 Å². The molecule has 2 aromatic rings. The molecule has 0 bridgehead atoms. The zero-order chi connectivity index (χ0) is 15.1. The highest BCUT2D eigenvalue weighted by molar-refractivity contribution is 7.89. The summed E-state index contributed by atoms with van der Waals surface area (Å²) in [5.41, 5.74) is -0.684. The van der Waals surface area contributed by atoms with Gasteiger partial charge in [0, 0.05) is 22.2 Å². The van der Waals surface area contributed by atoms with E-state index in [4.69, 9.17) is 16.7 Å². The summed E-state index contributed by atoms with van der Waals surface area (Å²) in [5, 5.41) is 2.28. The minimum absolute atomic E-state index is 0.142. The van der Waals surface area contributed by atoms with Crippen LogP contribution in [-0.2, 0) is 10.0 Å². The number of fused-ring (bicyclic) bond motifs is 1. The molecule has 2 rings (SSSR count). The number of nitrogens with two attached hydrogens (primary N) is 1. The van der Waals surface area contributed by atoms with E-state index in [0.717, 1.165) is 6.07 Å². The maximum absolute atomic E-state index is 13.0. The van der Waals surface area contributed by atoms with Crippen molar-refractivity contribution in [2.45, 2.75) is 11.4 Å². The van der Waals surface area contributed by atoms with E-state index < -0.39 is 27.0 Å². The average molecular weight is 325 g/mol. The fraction of sp³-hybridized carbons (Fsp3) is 0.182. The van der Waals surface area contributed by atoms with Gasteiger partial charge in [0.25, 0.3) is 0 Å². The molecule has 2 N–H and O–H groups in total. The Bertz CT molecular complexity index is 762. The molecule has 1 unspecified atom stereocenters. The van der Waals surface area contributed by atoms with Crippen LogP contribution in [0.2, 0.25) is 5.02 Å². The van der Waals surface area contributed by atoms with Crippen LogP contribution < -0.4 is 5.14 Å². The maximum Gasteiger partial charge on any atom is 0.410 e. The fourth-order valence-electron chi connectivity index (χ4n) is 1.91. The van der Waals surface area contributed by atoms with Gasteiger partial charge in [-0.2, -0.15) is 13.2 Å². The lowest BCUT2D eigenvalue weighted by Gasteiger charge is -2.19. The number of aromatic nitrogens is 1. The summed E-state index contributed by atoms with van der Waals surface area (Å²) in [5.74, 6) is 0. The molecule has 0 amide bonds. The van der Waals surface area contributed by atoms with Crippen molar-refractivity contribution in [1.29, 1.82) is 0 Å². The topological polar surface area (TPSA) is 73.1 Å². The summed E-state index contributed by atoms with van der Waals surface area (Å²) >= 11 is 5.86. The van der Waals surface area contributed by atoms with E-state index in [9.17, 15) is 21.6 Å². The molecule has 108 valence electrons. The van der Waals surface area contributed by atoms with Crippen molar-refractivity contribution in [3.05, 3.63) is 41.0 Å². The van der Waals surface area contributed by atoms with Crippen LogP contribution >= 0.6 is 11.6 Å². The smallest absolute Gasteiger partial charge is 0.256 e. The Balaban J connectivity index is 2.83. The number of benzene rings is 1. The zero-order valence-electron chi connectivity index (χ0n) is 9.73. The normalized spacial score (nSPS) is 14.4. The standard InChI is InChI=1S/C11H8ClF3N2O2S/c12-8-4-3-7(9-6(8)2-1-5-17-9)10(11(13,14)15)20(16,18)19/h1-5,10H,(H2,16,18,19). The maximum atomic E-state index is 13.0. The van der Waals surface area contributed by atoms with Crippen LogP contribution in [0.5, 0.6) is 0 Å². The molecular weight excluding hydrogens is 317 g/mol. The summed E-state index contributed by atoms with van der Waals surface area (Å²) in [6.45, 7) is 0. The lowest BCUT2D eigenvalue weighted by atomic mass is 10.1. The molecule has 0 aliphatic heterocycles. The van der Waals surface area contributed by atoms with Crippen LogP contribution in [0.25, 0.3) is 10.9 Å². The Morgan fingerprint density at radius 3 is 2.45 bits per heavy atom. The molecule has 0 spiro atoms. The van der Waals surface area contributed by atoms with Gasteiger partial charge in [-0.05, 0) is 18.2 Å². The van der Waals surface area contributed by atoms with Crippen molar-refractivity contribution in [1.82, 2.24) is 4.98 Å². The first-order chi connectivity index (χ1) is 9.12. The van der Waals surface area contributed by atoms with Crippen LogP contribution in [0.3, 0.4) is 0 Å². The van der Waals surface area contributed by atoms with Gasteiger partial charge in [0.15, 0.2) is 5.25 Å². The first-order valence-electron chi connectivity index (χ1n) is 5.24. The lowest BCUT2D eigenvalue weighted by Crippen LogP contribution is -2.33. The fourth-order valence-corrected chi connectivity index (χ4v) is 3.04. The molecule has 1 aromatic carbocycles. The van der Waals surface area contributed by atoms with Gasteiger partial charge >= 0.3 is 6.18 Å². The van der Waals surface area contributed by atoms with Crippen LogP contribution in [0.4, 0.5) is 13.2 Å². The number of pyridine rings is 1. The molecule has 0 fully saturated rings.